The molecule has 0 heterocycles. The SMILES string of the molecule is CCCC(O)C(C(=O)OCC[N+](C)(CC)CC)c1ccccc1. The number of carbonyl (C=O) groups is 1. The van der Waals surface area contributed by atoms with Crippen LogP contribution in [0.2, 0.25) is 0 Å². The van der Waals surface area contributed by atoms with E-state index in [-0.39, 0.29) is 5.97 Å². The molecule has 0 aliphatic heterocycles. The number of rotatable bonds is 10. The first-order valence-electron chi connectivity index (χ1n) is 8.70. The van der Waals surface area contributed by atoms with Crippen molar-refractivity contribution in [3.8, 4) is 0 Å². The van der Waals surface area contributed by atoms with E-state index in [2.05, 4.69) is 20.9 Å². The quantitative estimate of drug-likeness (QED) is 0.532. The summed E-state index contributed by atoms with van der Waals surface area (Å²) >= 11 is 0. The number of carbonyl (C=O) groups excluding carboxylic acids is 1. The molecule has 2 atom stereocenters. The molecule has 0 saturated heterocycles. The van der Waals surface area contributed by atoms with Crippen LogP contribution in [0.25, 0.3) is 0 Å². The summed E-state index contributed by atoms with van der Waals surface area (Å²) in [6, 6.07) is 9.43. The normalized spacial score (nSPS) is 14.3. The molecule has 130 valence electrons. The van der Waals surface area contributed by atoms with E-state index in [1.807, 2.05) is 37.3 Å². The summed E-state index contributed by atoms with van der Waals surface area (Å²) in [7, 11) is 2.16. The number of hydrogen-bond acceptors (Lipinski definition) is 3. The second kappa shape index (κ2) is 9.68. The number of likely N-dealkylation sites (N-methyl/N-ethyl adjacent to an activating group) is 1. The van der Waals surface area contributed by atoms with Crippen molar-refractivity contribution in [2.45, 2.75) is 45.6 Å². The molecule has 1 aromatic carbocycles. The Balaban J connectivity index is 2.73. The second-order valence-corrected chi connectivity index (χ2v) is 6.39. The molecular weight excluding hydrogens is 290 g/mol. The van der Waals surface area contributed by atoms with Gasteiger partial charge in [-0.05, 0) is 25.8 Å². The van der Waals surface area contributed by atoms with E-state index >= 15 is 0 Å². The van der Waals surface area contributed by atoms with E-state index in [1.54, 1.807) is 0 Å². The number of esters is 1. The molecule has 0 saturated carbocycles. The number of nitrogens with zero attached hydrogens (tertiary/aromatic N) is 1. The van der Waals surface area contributed by atoms with Crippen LogP contribution >= 0.6 is 0 Å². The van der Waals surface area contributed by atoms with Gasteiger partial charge in [-0.3, -0.25) is 4.79 Å². The fraction of sp³-hybridized carbons (Fsp3) is 0.632. The van der Waals surface area contributed by atoms with Gasteiger partial charge in [0.1, 0.15) is 19.1 Å². The average molecular weight is 322 g/mol. The molecule has 2 unspecified atom stereocenters. The monoisotopic (exact) mass is 322 g/mol. The molecule has 4 heteroatoms. The van der Waals surface area contributed by atoms with Crippen molar-refractivity contribution in [3.63, 3.8) is 0 Å². The Morgan fingerprint density at radius 2 is 1.78 bits per heavy atom. The van der Waals surface area contributed by atoms with Crippen molar-refractivity contribution in [3.05, 3.63) is 35.9 Å². The van der Waals surface area contributed by atoms with Crippen molar-refractivity contribution in [1.82, 2.24) is 0 Å². The van der Waals surface area contributed by atoms with Gasteiger partial charge in [0.15, 0.2) is 0 Å². The van der Waals surface area contributed by atoms with Crippen LogP contribution in [0.5, 0.6) is 0 Å². The molecule has 1 rings (SSSR count). The van der Waals surface area contributed by atoms with Crippen molar-refractivity contribution >= 4 is 5.97 Å². The maximum Gasteiger partial charge on any atom is 0.316 e. The van der Waals surface area contributed by atoms with Crippen LogP contribution in [-0.4, -0.2) is 55.0 Å². The molecule has 0 bridgehead atoms. The molecule has 0 aromatic heterocycles. The van der Waals surface area contributed by atoms with E-state index in [0.717, 1.165) is 36.1 Å². The van der Waals surface area contributed by atoms with Crippen molar-refractivity contribution in [2.75, 3.05) is 33.3 Å². The zero-order valence-electron chi connectivity index (χ0n) is 15.0. The van der Waals surface area contributed by atoms with Crippen LogP contribution < -0.4 is 0 Å². The van der Waals surface area contributed by atoms with Gasteiger partial charge >= 0.3 is 5.97 Å². The second-order valence-electron chi connectivity index (χ2n) is 6.39. The van der Waals surface area contributed by atoms with Gasteiger partial charge in [-0.25, -0.2) is 0 Å². The zero-order valence-corrected chi connectivity index (χ0v) is 15.0. The minimum atomic E-state index is -0.701. The number of benzene rings is 1. The van der Waals surface area contributed by atoms with Crippen LogP contribution in [0, 0.1) is 0 Å². The molecule has 0 fully saturated rings. The lowest BCUT2D eigenvalue weighted by Crippen LogP contribution is -2.46. The summed E-state index contributed by atoms with van der Waals surface area (Å²) in [5.41, 5.74) is 0.821. The zero-order chi connectivity index (χ0) is 17.3. The first-order chi connectivity index (χ1) is 11.0. The number of quaternary nitrogens is 1. The number of ether oxygens (including phenoxy) is 1. The number of aliphatic hydroxyl groups is 1. The third-order valence-electron chi connectivity index (χ3n) is 4.78. The number of hydrogen-bond donors (Lipinski definition) is 1. The summed E-state index contributed by atoms with van der Waals surface area (Å²) in [6.45, 7) is 9.49. The first-order valence-corrected chi connectivity index (χ1v) is 8.70. The van der Waals surface area contributed by atoms with Gasteiger partial charge < -0.3 is 14.3 Å². The third kappa shape index (κ3) is 5.96. The van der Waals surface area contributed by atoms with Gasteiger partial charge in [-0.15, -0.1) is 0 Å². The maximum absolute atomic E-state index is 12.5. The van der Waals surface area contributed by atoms with Gasteiger partial charge in [-0.2, -0.15) is 0 Å². The third-order valence-corrected chi connectivity index (χ3v) is 4.78. The summed E-state index contributed by atoms with van der Waals surface area (Å²) in [5, 5.41) is 10.4. The molecule has 1 N–H and O–H groups in total. The molecule has 1 aromatic rings. The van der Waals surface area contributed by atoms with E-state index < -0.39 is 12.0 Å². The van der Waals surface area contributed by atoms with Gasteiger partial charge in [0.2, 0.25) is 0 Å². The maximum atomic E-state index is 12.5. The van der Waals surface area contributed by atoms with E-state index in [1.165, 1.54) is 0 Å². The van der Waals surface area contributed by atoms with Gasteiger partial charge in [-0.1, -0.05) is 43.7 Å². The molecule has 23 heavy (non-hydrogen) atoms. The van der Waals surface area contributed by atoms with Crippen molar-refractivity contribution in [1.29, 1.82) is 0 Å². The highest BCUT2D eigenvalue weighted by Gasteiger charge is 2.30. The minimum Gasteiger partial charge on any atom is -0.459 e. The molecule has 4 nitrogen and oxygen atoms in total. The topological polar surface area (TPSA) is 46.5 Å². The van der Waals surface area contributed by atoms with E-state index in [0.29, 0.717) is 13.0 Å². The average Bonchev–Trinajstić information content (AvgIpc) is 2.56. The van der Waals surface area contributed by atoms with Crippen molar-refractivity contribution in [2.24, 2.45) is 0 Å². The molecule has 0 spiro atoms. The Bertz CT molecular complexity index is 457. The van der Waals surface area contributed by atoms with Crippen LogP contribution in [0.1, 0.15) is 45.1 Å². The molecule has 0 aliphatic carbocycles. The van der Waals surface area contributed by atoms with Gasteiger partial charge in [0.25, 0.3) is 0 Å². The molecule has 0 radical (unpaired) electrons. The smallest absolute Gasteiger partial charge is 0.316 e. The fourth-order valence-corrected chi connectivity index (χ4v) is 2.63. The Hall–Kier alpha value is -1.39. The lowest BCUT2D eigenvalue weighted by Gasteiger charge is -2.32. The van der Waals surface area contributed by atoms with Crippen LogP contribution in [0.4, 0.5) is 0 Å². The Kier molecular flexibility index (Phi) is 8.28. The van der Waals surface area contributed by atoms with E-state index in [9.17, 15) is 9.90 Å². The molecule has 0 amide bonds. The first kappa shape index (κ1) is 19.7. The lowest BCUT2D eigenvalue weighted by atomic mass is 9.91. The van der Waals surface area contributed by atoms with Crippen LogP contribution in [0.3, 0.4) is 0 Å². The largest absolute Gasteiger partial charge is 0.459 e. The summed E-state index contributed by atoms with van der Waals surface area (Å²) < 4.78 is 6.39. The highest BCUT2D eigenvalue weighted by atomic mass is 16.5. The summed E-state index contributed by atoms with van der Waals surface area (Å²) in [5.74, 6) is -0.922. The highest BCUT2D eigenvalue weighted by Crippen LogP contribution is 2.24. The molecular formula is C19H32NO3+. The lowest BCUT2D eigenvalue weighted by molar-refractivity contribution is -0.906. The fourth-order valence-electron chi connectivity index (χ4n) is 2.63. The van der Waals surface area contributed by atoms with Crippen LogP contribution in [-0.2, 0) is 9.53 Å². The Labute approximate surface area is 140 Å². The summed E-state index contributed by atoms with van der Waals surface area (Å²) in [4.78, 5) is 12.5. The van der Waals surface area contributed by atoms with E-state index in [4.69, 9.17) is 4.74 Å². The predicted molar refractivity (Wildman–Crippen MR) is 93.2 cm³/mol. The van der Waals surface area contributed by atoms with Gasteiger partial charge in [0.05, 0.1) is 26.2 Å². The molecule has 0 aliphatic rings. The Morgan fingerprint density at radius 3 is 2.30 bits per heavy atom. The minimum absolute atomic E-state index is 0.323. The highest BCUT2D eigenvalue weighted by molar-refractivity contribution is 5.79. The van der Waals surface area contributed by atoms with Crippen molar-refractivity contribution < 1.29 is 19.1 Å². The van der Waals surface area contributed by atoms with Crippen LogP contribution in [0.15, 0.2) is 30.3 Å². The Morgan fingerprint density at radius 1 is 1.17 bits per heavy atom. The number of aliphatic hydroxyl groups excluding tert-OH is 1. The standard InChI is InChI=1S/C19H32NO3/c1-5-11-17(21)18(16-12-9-8-10-13-16)19(22)23-15-14-20(4,6-2)7-3/h8-10,12-13,17-18,21H,5-7,11,14-15H2,1-4H3/q+1. The summed E-state index contributed by atoms with van der Waals surface area (Å²) in [6.07, 6.45) is 0.721. The van der Waals surface area contributed by atoms with Gasteiger partial charge in [0, 0.05) is 0 Å². The predicted octanol–water partition coefficient (Wildman–Crippen LogP) is 2.96.